The molecule has 1 fully saturated rings. The van der Waals surface area contributed by atoms with E-state index in [1.54, 1.807) is 0 Å². The molecule has 2 N–H and O–H groups in total. The maximum atomic E-state index is 11.7. The fraction of sp³-hybridized carbons (Fsp3) is 0.400. The first-order valence-corrected chi connectivity index (χ1v) is 6.54. The smallest absolute Gasteiger partial charge is 0.315 e. The summed E-state index contributed by atoms with van der Waals surface area (Å²) in [5.74, 6) is -0.686. The molecule has 1 aromatic heterocycles. The molecule has 0 unspecified atom stereocenters. The van der Waals surface area contributed by atoms with Crippen molar-refractivity contribution in [3.63, 3.8) is 0 Å². The van der Waals surface area contributed by atoms with Crippen molar-refractivity contribution in [1.29, 1.82) is 0 Å². The van der Waals surface area contributed by atoms with Crippen molar-refractivity contribution in [3.05, 3.63) is 36.0 Å². The minimum absolute atomic E-state index is 0.686. The molecule has 3 nitrogen and oxygen atoms in total. The van der Waals surface area contributed by atoms with E-state index in [4.69, 9.17) is 0 Å². The quantitative estimate of drug-likeness (QED) is 0.848. The number of aromatic nitrogens is 1. The van der Waals surface area contributed by atoms with Crippen LogP contribution in [0.1, 0.15) is 37.8 Å². The van der Waals surface area contributed by atoms with Crippen LogP contribution in [-0.4, -0.2) is 16.1 Å². The van der Waals surface area contributed by atoms with E-state index < -0.39 is 11.4 Å². The highest BCUT2D eigenvalue weighted by Crippen LogP contribution is 2.40. The highest BCUT2D eigenvalue weighted by molar-refractivity contribution is 5.86. The van der Waals surface area contributed by atoms with Gasteiger partial charge in [0.05, 0.1) is 0 Å². The molecule has 1 heterocycles. The van der Waals surface area contributed by atoms with Crippen molar-refractivity contribution in [2.45, 2.75) is 37.5 Å². The van der Waals surface area contributed by atoms with Crippen LogP contribution in [0.15, 0.2) is 30.3 Å². The van der Waals surface area contributed by atoms with Crippen LogP contribution in [-0.2, 0) is 10.2 Å². The van der Waals surface area contributed by atoms with Crippen LogP contribution in [0.3, 0.4) is 0 Å². The lowest BCUT2D eigenvalue weighted by atomic mass is 9.72. The van der Waals surface area contributed by atoms with Crippen molar-refractivity contribution in [2.75, 3.05) is 0 Å². The molecule has 0 saturated heterocycles. The molecular weight excluding hydrogens is 226 g/mol. The molecule has 2 aromatic rings. The van der Waals surface area contributed by atoms with Gasteiger partial charge in [-0.25, -0.2) is 0 Å². The number of hydrogen-bond acceptors (Lipinski definition) is 1. The van der Waals surface area contributed by atoms with Crippen LogP contribution in [0, 0.1) is 0 Å². The number of H-pyrrole nitrogens is 1. The number of nitrogens with one attached hydrogen (secondary N) is 1. The van der Waals surface area contributed by atoms with Crippen molar-refractivity contribution in [2.24, 2.45) is 0 Å². The highest BCUT2D eigenvalue weighted by atomic mass is 16.4. The number of rotatable bonds is 2. The number of carbonyl (C=O) groups is 1. The predicted molar refractivity (Wildman–Crippen MR) is 70.7 cm³/mol. The van der Waals surface area contributed by atoms with E-state index in [0.717, 1.165) is 48.7 Å². The Kier molecular flexibility index (Phi) is 2.62. The highest BCUT2D eigenvalue weighted by Gasteiger charge is 2.42. The maximum absolute atomic E-state index is 11.7. The molecule has 0 spiro atoms. The number of para-hydroxylation sites is 1. The van der Waals surface area contributed by atoms with E-state index >= 15 is 0 Å². The molecule has 1 aliphatic carbocycles. The number of hydrogen-bond donors (Lipinski definition) is 2. The van der Waals surface area contributed by atoms with Gasteiger partial charge in [0.1, 0.15) is 5.41 Å². The van der Waals surface area contributed by atoms with E-state index in [2.05, 4.69) is 4.98 Å². The fourth-order valence-electron chi connectivity index (χ4n) is 3.08. The number of benzene rings is 1. The molecule has 0 bridgehead atoms. The van der Waals surface area contributed by atoms with Crippen LogP contribution in [0.25, 0.3) is 10.9 Å². The molecule has 0 atom stereocenters. The summed E-state index contributed by atoms with van der Waals surface area (Å²) in [5.41, 5.74) is 1.20. The number of carboxylic acids is 1. The lowest BCUT2D eigenvalue weighted by Crippen LogP contribution is -2.38. The zero-order valence-electron chi connectivity index (χ0n) is 10.3. The molecule has 94 valence electrons. The van der Waals surface area contributed by atoms with Gasteiger partial charge in [0.15, 0.2) is 0 Å². The molecule has 18 heavy (non-hydrogen) atoms. The summed E-state index contributed by atoms with van der Waals surface area (Å²) in [6.07, 6.45) is 4.64. The Hall–Kier alpha value is -1.77. The van der Waals surface area contributed by atoms with E-state index in [0.29, 0.717) is 0 Å². The van der Waals surface area contributed by atoms with Gasteiger partial charge in [-0.1, -0.05) is 37.5 Å². The Balaban J connectivity index is 2.12. The summed E-state index contributed by atoms with van der Waals surface area (Å²) in [7, 11) is 0. The first-order chi connectivity index (χ1) is 8.72. The van der Waals surface area contributed by atoms with E-state index in [1.807, 2.05) is 30.3 Å². The first kappa shape index (κ1) is 11.3. The van der Waals surface area contributed by atoms with Crippen LogP contribution < -0.4 is 0 Å². The van der Waals surface area contributed by atoms with Gasteiger partial charge in [-0.2, -0.15) is 0 Å². The van der Waals surface area contributed by atoms with Crippen LogP contribution in [0.4, 0.5) is 0 Å². The van der Waals surface area contributed by atoms with Gasteiger partial charge in [-0.15, -0.1) is 0 Å². The summed E-state index contributed by atoms with van der Waals surface area (Å²) in [6.45, 7) is 0. The summed E-state index contributed by atoms with van der Waals surface area (Å²) < 4.78 is 0. The summed E-state index contributed by atoms with van der Waals surface area (Å²) in [5, 5.41) is 10.7. The zero-order valence-corrected chi connectivity index (χ0v) is 10.3. The van der Waals surface area contributed by atoms with Crippen molar-refractivity contribution in [1.82, 2.24) is 4.98 Å². The largest absolute Gasteiger partial charge is 0.481 e. The first-order valence-electron chi connectivity index (χ1n) is 6.54. The van der Waals surface area contributed by atoms with Crippen molar-refractivity contribution < 1.29 is 9.90 Å². The van der Waals surface area contributed by atoms with Gasteiger partial charge in [-0.05, 0) is 30.4 Å². The minimum Gasteiger partial charge on any atom is -0.481 e. The second kappa shape index (κ2) is 4.16. The normalized spacial score (nSPS) is 18.9. The Morgan fingerprint density at radius 2 is 1.89 bits per heavy atom. The minimum atomic E-state index is -0.697. The maximum Gasteiger partial charge on any atom is 0.315 e. The molecule has 1 saturated carbocycles. The lowest BCUT2D eigenvalue weighted by molar-refractivity contribution is -0.145. The topological polar surface area (TPSA) is 53.1 Å². The molecule has 0 amide bonds. The number of fused-ring (bicyclic) bond motifs is 1. The average molecular weight is 243 g/mol. The predicted octanol–water partition coefficient (Wildman–Crippen LogP) is 3.45. The van der Waals surface area contributed by atoms with Gasteiger partial charge < -0.3 is 10.1 Å². The molecular formula is C15H17NO2. The summed E-state index contributed by atoms with van der Waals surface area (Å²) >= 11 is 0. The monoisotopic (exact) mass is 243 g/mol. The van der Waals surface area contributed by atoms with Gasteiger partial charge in [0.2, 0.25) is 0 Å². The van der Waals surface area contributed by atoms with E-state index in [-0.39, 0.29) is 0 Å². The molecule has 3 rings (SSSR count). The van der Waals surface area contributed by atoms with Gasteiger partial charge >= 0.3 is 5.97 Å². The number of carboxylic acid groups (broad SMARTS) is 1. The lowest BCUT2D eigenvalue weighted by Gasteiger charge is -2.32. The third-order valence-electron chi connectivity index (χ3n) is 4.16. The van der Waals surface area contributed by atoms with Crippen molar-refractivity contribution >= 4 is 16.9 Å². The third-order valence-corrected chi connectivity index (χ3v) is 4.16. The molecule has 0 radical (unpaired) electrons. The SMILES string of the molecule is O=C(O)C1(c2cc3ccccc3[nH]2)CCCCC1. The van der Waals surface area contributed by atoms with Gasteiger partial charge in [0, 0.05) is 11.2 Å². The Bertz CT molecular complexity index is 546. The molecule has 0 aliphatic heterocycles. The summed E-state index contributed by atoms with van der Waals surface area (Å²) in [6, 6.07) is 9.98. The van der Waals surface area contributed by atoms with Crippen LogP contribution in [0.2, 0.25) is 0 Å². The van der Waals surface area contributed by atoms with E-state index in [1.165, 1.54) is 0 Å². The van der Waals surface area contributed by atoms with Crippen LogP contribution in [0.5, 0.6) is 0 Å². The summed E-state index contributed by atoms with van der Waals surface area (Å²) in [4.78, 5) is 15.0. The number of aromatic amines is 1. The number of aliphatic carboxylic acids is 1. The average Bonchev–Trinajstić information content (AvgIpc) is 2.83. The fourth-order valence-corrected chi connectivity index (χ4v) is 3.08. The van der Waals surface area contributed by atoms with Crippen LogP contribution >= 0.6 is 0 Å². The Morgan fingerprint density at radius 3 is 2.56 bits per heavy atom. The standard InChI is InChI=1S/C15H17NO2/c17-14(18)15(8-4-1-5-9-15)13-10-11-6-2-3-7-12(11)16-13/h2-3,6-7,10,16H,1,4-5,8-9H2,(H,17,18). The van der Waals surface area contributed by atoms with Crippen molar-refractivity contribution in [3.8, 4) is 0 Å². The Labute approximate surface area is 106 Å². The van der Waals surface area contributed by atoms with Gasteiger partial charge in [-0.3, -0.25) is 4.79 Å². The van der Waals surface area contributed by atoms with E-state index in [9.17, 15) is 9.90 Å². The molecule has 1 aromatic carbocycles. The molecule has 1 aliphatic rings. The second-order valence-electron chi connectivity index (χ2n) is 5.22. The second-order valence-corrected chi connectivity index (χ2v) is 5.22. The Morgan fingerprint density at radius 1 is 1.17 bits per heavy atom. The third kappa shape index (κ3) is 1.62. The molecule has 3 heteroatoms. The zero-order chi connectivity index (χ0) is 12.6. The van der Waals surface area contributed by atoms with Gasteiger partial charge in [0.25, 0.3) is 0 Å².